The van der Waals surface area contributed by atoms with E-state index < -0.39 is 5.91 Å². The lowest BCUT2D eigenvalue weighted by Crippen LogP contribution is -2.40. The minimum absolute atomic E-state index is 0.127. The topological polar surface area (TPSA) is 138 Å². The molecule has 1 saturated heterocycles. The largest absolute Gasteiger partial charge is 0.447 e. The highest BCUT2D eigenvalue weighted by Gasteiger charge is 2.34. The summed E-state index contributed by atoms with van der Waals surface area (Å²) in [4.78, 5) is 63.0. The van der Waals surface area contributed by atoms with E-state index in [1.165, 1.54) is 29.4 Å². The number of amides is 4. The van der Waals surface area contributed by atoms with Crippen molar-refractivity contribution in [3.05, 3.63) is 46.9 Å². The van der Waals surface area contributed by atoms with E-state index in [9.17, 15) is 19.2 Å². The van der Waals surface area contributed by atoms with Gasteiger partial charge in [-0.15, -0.1) is 0 Å². The number of halogens is 1. The average Bonchev–Trinajstić information content (AvgIpc) is 3.52. The Morgan fingerprint density at radius 1 is 1.08 bits per heavy atom. The quantitative estimate of drug-likeness (QED) is 0.472. The Bertz CT molecular complexity index is 1430. The van der Waals surface area contributed by atoms with E-state index in [1.807, 2.05) is 4.90 Å². The van der Waals surface area contributed by atoms with Crippen LogP contribution in [0.3, 0.4) is 0 Å². The van der Waals surface area contributed by atoms with Gasteiger partial charge in [0, 0.05) is 51.4 Å². The molecule has 2 N–H and O–H groups in total. The highest BCUT2D eigenvalue weighted by molar-refractivity contribution is 6.30. The number of carbonyl (C=O) groups is 4. The molecule has 204 valence electrons. The second-order valence-electron chi connectivity index (χ2n) is 10.1. The van der Waals surface area contributed by atoms with Crippen molar-refractivity contribution in [3.8, 4) is 0 Å². The van der Waals surface area contributed by atoms with E-state index in [-0.39, 0.29) is 63.6 Å². The van der Waals surface area contributed by atoms with Gasteiger partial charge in [-0.1, -0.05) is 11.6 Å². The molecule has 2 aliphatic rings. The van der Waals surface area contributed by atoms with Crippen LogP contribution in [0.1, 0.15) is 59.4 Å². The Morgan fingerprint density at radius 3 is 2.49 bits per heavy atom. The van der Waals surface area contributed by atoms with Gasteiger partial charge < -0.3 is 24.9 Å². The van der Waals surface area contributed by atoms with Crippen molar-refractivity contribution >= 4 is 57.8 Å². The molecule has 3 aromatic rings. The first-order chi connectivity index (χ1) is 18.7. The van der Waals surface area contributed by atoms with Gasteiger partial charge in [-0.05, 0) is 50.3 Å². The molecule has 5 rings (SSSR count). The molecule has 12 heteroatoms. The molecular formula is C27H29ClN6O5. The summed E-state index contributed by atoms with van der Waals surface area (Å²) in [6.45, 7) is 0.784. The molecule has 0 aromatic carbocycles. The molecule has 1 saturated carbocycles. The lowest BCUT2D eigenvalue weighted by molar-refractivity contribution is -0.130. The van der Waals surface area contributed by atoms with E-state index in [0.717, 1.165) is 25.8 Å². The number of furan rings is 1. The molecule has 0 bridgehead atoms. The predicted octanol–water partition coefficient (Wildman–Crippen LogP) is 3.95. The molecule has 0 radical (unpaired) electrons. The van der Waals surface area contributed by atoms with E-state index in [0.29, 0.717) is 24.3 Å². The van der Waals surface area contributed by atoms with Gasteiger partial charge >= 0.3 is 0 Å². The molecular weight excluding hydrogens is 524 g/mol. The SMILES string of the molecule is CN(C)C(=O)c1cnc2c(NC(=O)[C@H]3CC[C@H](N4CCCC4=O)CC3)c(C(=O)Nc3ccc(Cl)cn3)oc2c1. The lowest BCUT2D eigenvalue weighted by atomic mass is 9.84. The summed E-state index contributed by atoms with van der Waals surface area (Å²) in [6.07, 6.45) is 7.01. The molecule has 39 heavy (non-hydrogen) atoms. The van der Waals surface area contributed by atoms with Gasteiger partial charge in [0.1, 0.15) is 17.0 Å². The number of hydrogen-bond donors (Lipinski definition) is 2. The van der Waals surface area contributed by atoms with Crippen LogP contribution < -0.4 is 10.6 Å². The van der Waals surface area contributed by atoms with Crippen LogP contribution in [0.5, 0.6) is 0 Å². The maximum atomic E-state index is 13.4. The number of hydrogen-bond acceptors (Lipinski definition) is 7. The first-order valence-corrected chi connectivity index (χ1v) is 13.3. The second kappa shape index (κ2) is 11.0. The molecule has 0 atom stereocenters. The number of fused-ring (bicyclic) bond motifs is 1. The molecule has 0 spiro atoms. The number of pyridine rings is 2. The maximum Gasteiger partial charge on any atom is 0.294 e. The third-order valence-electron chi connectivity index (χ3n) is 7.22. The van der Waals surface area contributed by atoms with Crippen molar-refractivity contribution in [2.24, 2.45) is 5.92 Å². The van der Waals surface area contributed by atoms with Crippen molar-refractivity contribution in [3.63, 3.8) is 0 Å². The molecule has 3 aromatic heterocycles. The summed E-state index contributed by atoms with van der Waals surface area (Å²) in [5.74, 6) is -1.19. The Kier molecular flexibility index (Phi) is 7.51. The molecule has 11 nitrogen and oxygen atoms in total. The number of anilines is 2. The Hall–Kier alpha value is -3.99. The van der Waals surface area contributed by atoms with Crippen LogP contribution in [0, 0.1) is 5.92 Å². The van der Waals surface area contributed by atoms with Crippen LogP contribution in [0.4, 0.5) is 11.5 Å². The van der Waals surface area contributed by atoms with Gasteiger partial charge in [-0.2, -0.15) is 0 Å². The van der Waals surface area contributed by atoms with Crippen molar-refractivity contribution in [1.82, 2.24) is 19.8 Å². The zero-order valence-electron chi connectivity index (χ0n) is 21.7. The van der Waals surface area contributed by atoms with Crippen LogP contribution in [0.15, 0.2) is 35.0 Å². The highest BCUT2D eigenvalue weighted by Crippen LogP contribution is 2.34. The fourth-order valence-corrected chi connectivity index (χ4v) is 5.29. The Balaban J connectivity index is 1.39. The van der Waals surface area contributed by atoms with Crippen LogP contribution in [0.25, 0.3) is 11.1 Å². The predicted molar refractivity (Wildman–Crippen MR) is 145 cm³/mol. The number of carbonyl (C=O) groups excluding carboxylic acids is 4. The first-order valence-electron chi connectivity index (χ1n) is 12.9. The van der Waals surface area contributed by atoms with Crippen molar-refractivity contribution < 1.29 is 23.6 Å². The van der Waals surface area contributed by atoms with Crippen LogP contribution in [-0.4, -0.2) is 70.1 Å². The van der Waals surface area contributed by atoms with E-state index in [1.54, 1.807) is 20.2 Å². The summed E-state index contributed by atoms with van der Waals surface area (Å²) < 4.78 is 5.85. The summed E-state index contributed by atoms with van der Waals surface area (Å²) in [5.41, 5.74) is 0.843. The number of rotatable bonds is 6. The molecule has 2 fully saturated rings. The number of aromatic nitrogens is 2. The normalized spacial score (nSPS) is 19.3. The molecule has 0 unspecified atom stereocenters. The van der Waals surface area contributed by atoms with Crippen LogP contribution >= 0.6 is 11.6 Å². The number of likely N-dealkylation sites (tertiary alicyclic amines) is 1. The zero-order chi connectivity index (χ0) is 27.7. The standard InChI is InChI=1S/C27H29ClN6O5/c1-33(2)27(38)16-12-19-22(30-13-16)23(24(39-19)26(37)31-20-10-7-17(28)14-29-20)32-25(36)15-5-8-18(9-6-15)34-11-3-4-21(34)35/h7,10,12-15,18H,3-6,8-9,11H2,1-2H3,(H,32,36)(H,29,31,37)/t15-,18-. The minimum atomic E-state index is -0.644. The van der Waals surface area contributed by atoms with Gasteiger partial charge in [0.15, 0.2) is 5.58 Å². The average molecular weight is 553 g/mol. The van der Waals surface area contributed by atoms with Crippen LogP contribution in [-0.2, 0) is 9.59 Å². The smallest absolute Gasteiger partial charge is 0.294 e. The van der Waals surface area contributed by atoms with Crippen molar-refractivity contribution in [2.75, 3.05) is 31.3 Å². The third kappa shape index (κ3) is 5.58. The molecule has 4 amide bonds. The Morgan fingerprint density at radius 2 is 1.85 bits per heavy atom. The van der Waals surface area contributed by atoms with Gasteiger partial charge in [0.25, 0.3) is 11.8 Å². The van der Waals surface area contributed by atoms with Gasteiger partial charge in [-0.3, -0.25) is 19.2 Å². The van der Waals surface area contributed by atoms with E-state index in [2.05, 4.69) is 20.6 Å². The van der Waals surface area contributed by atoms with Crippen LogP contribution in [0.2, 0.25) is 5.02 Å². The summed E-state index contributed by atoms with van der Waals surface area (Å²) in [5, 5.41) is 5.93. The number of nitrogens with zero attached hydrogens (tertiary/aromatic N) is 4. The Labute approximate surface area is 229 Å². The molecule has 4 heterocycles. The minimum Gasteiger partial charge on any atom is -0.447 e. The number of nitrogens with one attached hydrogen (secondary N) is 2. The van der Waals surface area contributed by atoms with E-state index in [4.69, 9.17) is 16.0 Å². The molecule has 1 aliphatic carbocycles. The fraction of sp³-hybridized carbons (Fsp3) is 0.407. The first kappa shape index (κ1) is 26.6. The highest BCUT2D eigenvalue weighted by atomic mass is 35.5. The lowest BCUT2D eigenvalue weighted by Gasteiger charge is -2.34. The zero-order valence-corrected chi connectivity index (χ0v) is 22.5. The van der Waals surface area contributed by atoms with Crippen molar-refractivity contribution in [1.29, 1.82) is 0 Å². The second-order valence-corrected chi connectivity index (χ2v) is 10.5. The summed E-state index contributed by atoms with van der Waals surface area (Å²) in [6, 6.07) is 4.78. The summed E-state index contributed by atoms with van der Waals surface area (Å²) >= 11 is 5.89. The van der Waals surface area contributed by atoms with Gasteiger partial charge in [0.2, 0.25) is 17.6 Å². The van der Waals surface area contributed by atoms with Gasteiger partial charge in [0.05, 0.1) is 10.6 Å². The fourth-order valence-electron chi connectivity index (χ4n) is 5.18. The molecule has 1 aliphatic heterocycles. The van der Waals surface area contributed by atoms with Gasteiger partial charge in [-0.25, -0.2) is 9.97 Å². The maximum absolute atomic E-state index is 13.4. The van der Waals surface area contributed by atoms with Crippen molar-refractivity contribution in [2.45, 2.75) is 44.6 Å². The van der Waals surface area contributed by atoms with E-state index >= 15 is 0 Å². The summed E-state index contributed by atoms with van der Waals surface area (Å²) in [7, 11) is 3.24. The third-order valence-corrected chi connectivity index (χ3v) is 7.45. The monoisotopic (exact) mass is 552 g/mol.